The molecule has 0 atom stereocenters. The van der Waals surface area contributed by atoms with E-state index in [1.807, 2.05) is 31.2 Å². The van der Waals surface area contributed by atoms with Crippen LogP contribution in [0.4, 0.5) is 11.5 Å². The Labute approximate surface area is 174 Å². The Kier molecular flexibility index (Phi) is 3.48. The summed E-state index contributed by atoms with van der Waals surface area (Å²) in [6, 6.07) is 12.4. The molecule has 4 heterocycles. The van der Waals surface area contributed by atoms with Crippen molar-refractivity contribution in [3.8, 4) is 11.3 Å². The Morgan fingerprint density at radius 2 is 1.77 bits per heavy atom. The molecule has 3 aromatic heterocycles. The van der Waals surface area contributed by atoms with Gasteiger partial charge in [0.15, 0.2) is 5.65 Å². The Hall–Kier alpha value is -3.19. The summed E-state index contributed by atoms with van der Waals surface area (Å²) in [4.78, 5) is 12.0. The first-order valence-electron chi connectivity index (χ1n) is 10.4. The van der Waals surface area contributed by atoms with Crippen molar-refractivity contribution in [1.82, 2.24) is 24.6 Å². The van der Waals surface area contributed by atoms with Gasteiger partial charge in [-0.25, -0.2) is 9.67 Å². The van der Waals surface area contributed by atoms with Crippen molar-refractivity contribution in [3.05, 3.63) is 42.1 Å². The van der Waals surface area contributed by atoms with E-state index < -0.39 is 0 Å². The van der Waals surface area contributed by atoms with Gasteiger partial charge in [0.05, 0.1) is 22.3 Å². The number of benzene rings is 1. The quantitative estimate of drug-likeness (QED) is 0.536. The number of anilines is 2. The van der Waals surface area contributed by atoms with E-state index in [0.29, 0.717) is 23.0 Å². The topological polar surface area (TPSA) is 98.9 Å². The molecule has 0 radical (unpaired) electrons. The normalized spacial score (nSPS) is 18.7. The van der Waals surface area contributed by atoms with E-state index in [1.54, 1.807) is 0 Å². The van der Waals surface area contributed by atoms with Gasteiger partial charge >= 0.3 is 0 Å². The maximum Gasteiger partial charge on any atom is 0.163 e. The van der Waals surface area contributed by atoms with Crippen LogP contribution >= 0.6 is 0 Å². The summed E-state index contributed by atoms with van der Waals surface area (Å²) >= 11 is 0. The molecule has 1 aliphatic carbocycles. The minimum Gasteiger partial charge on any atom is -0.398 e. The molecule has 1 saturated heterocycles. The van der Waals surface area contributed by atoms with Crippen LogP contribution in [0, 0.1) is 12.3 Å². The third kappa shape index (κ3) is 2.38. The van der Waals surface area contributed by atoms with E-state index in [0.717, 1.165) is 51.7 Å². The van der Waals surface area contributed by atoms with Crippen LogP contribution in [-0.2, 0) is 0 Å². The standard InChI is InChI=1S/C23H25N7/c1-13-8-16(24)17-20(26-13)18-19(14-6-4-3-5-7-14)28-30(22(18)27-21(17)25)15-9-23(10-15)11-29(2)12-23/h3-8,15H,9-12H2,1-2H3,(H2,24,26)(H2,25,27). The van der Waals surface area contributed by atoms with Crippen LogP contribution in [-0.4, -0.2) is 44.8 Å². The summed E-state index contributed by atoms with van der Waals surface area (Å²) in [6.07, 6.45) is 2.26. The molecule has 0 amide bonds. The molecule has 1 aliphatic heterocycles. The summed E-state index contributed by atoms with van der Waals surface area (Å²) in [5.74, 6) is 0.417. The molecule has 6 rings (SSSR count). The van der Waals surface area contributed by atoms with Crippen molar-refractivity contribution in [1.29, 1.82) is 0 Å². The van der Waals surface area contributed by atoms with Gasteiger partial charge in [0.25, 0.3) is 0 Å². The highest BCUT2D eigenvalue weighted by Crippen LogP contribution is 2.54. The van der Waals surface area contributed by atoms with Crippen LogP contribution < -0.4 is 11.5 Å². The molecular formula is C23H25N7. The maximum absolute atomic E-state index is 6.38. The van der Waals surface area contributed by atoms with E-state index in [9.17, 15) is 0 Å². The zero-order valence-electron chi connectivity index (χ0n) is 17.3. The third-order valence-electron chi connectivity index (χ3n) is 6.72. The fourth-order valence-corrected chi connectivity index (χ4v) is 5.59. The van der Waals surface area contributed by atoms with Gasteiger partial charge in [0.1, 0.15) is 11.5 Å². The van der Waals surface area contributed by atoms with Gasteiger partial charge in [-0.3, -0.25) is 4.98 Å². The number of pyridine rings is 2. The van der Waals surface area contributed by atoms with Crippen LogP contribution in [0.1, 0.15) is 24.6 Å². The first-order valence-corrected chi connectivity index (χ1v) is 10.4. The van der Waals surface area contributed by atoms with Crippen molar-refractivity contribution < 1.29 is 0 Å². The SMILES string of the molecule is Cc1cc(N)c2c(N)nc3c(c(-c4ccccc4)nn3C3CC4(C3)CN(C)C4)c2n1. The van der Waals surface area contributed by atoms with Gasteiger partial charge in [-0.2, -0.15) is 5.10 Å². The first-order chi connectivity index (χ1) is 14.4. The molecule has 1 saturated carbocycles. The van der Waals surface area contributed by atoms with E-state index in [4.69, 9.17) is 26.5 Å². The molecule has 7 nitrogen and oxygen atoms in total. The van der Waals surface area contributed by atoms with E-state index >= 15 is 0 Å². The number of nitrogens with zero attached hydrogens (tertiary/aromatic N) is 5. The zero-order valence-corrected chi connectivity index (χ0v) is 17.3. The minimum absolute atomic E-state index is 0.338. The van der Waals surface area contributed by atoms with E-state index in [2.05, 4.69) is 28.8 Å². The van der Waals surface area contributed by atoms with Gasteiger partial charge in [0, 0.05) is 30.0 Å². The lowest BCUT2D eigenvalue weighted by atomic mass is 9.61. The smallest absolute Gasteiger partial charge is 0.163 e. The summed E-state index contributed by atoms with van der Waals surface area (Å²) in [5, 5.41) is 6.73. The van der Waals surface area contributed by atoms with Gasteiger partial charge in [-0.1, -0.05) is 30.3 Å². The fourth-order valence-electron chi connectivity index (χ4n) is 5.59. The Morgan fingerprint density at radius 3 is 2.47 bits per heavy atom. The number of nitrogens with two attached hydrogens (primary N) is 2. The molecule has 2 aliphatic rings. The Morgan fingerprint density at radius 1 is 1.03 bits per heavy atom. The third-order valence-corrected chi connectivity index (χ3v) is 6.72. The van der Waals surface area contributed by atoms with Gasteiger partial charge in [-0.05, 0) is 38.3 Å². The van der Waals surface area contributed by atoms with Crippen molar-refractivity contribution in [2.45, 2.75) is 25.8 Å². The fraction of sp³-hybridized carbons (Fsp3) is 0.348. The number of fused-ring (bicyclic) bond motifs is 3. The molecule has 0 unspecified atom stereocenters. The first kappa shape index (κ1) is 17.7. The second kappa shape index (κ2) is 5.92. The molecule has 30 heavy (non-hydrogen) atoms. The number of hydrogen-bond acceptors (Lipinski definition) is 6. The molecule has 4 aromatic rings. The lowest BCUT2D eigenvalue weighted by Crippen LogP contribution is -2.60. The van der Waals surface area contributed by atoms with Gasteiger partial charge < -0.3 is 16.4 Å². The number of hydrogen-bond donors (Lipinski definition) is 2. The van der Waals surface area contributed by atoms with Gasteiger partial charge in [-0.15, -0.1) is 0 Å². The average molecular weight is 400 g/mol. The number of nitrogen functional groups attached to an aromatic ring is 2. The predicted molar refractivity (Wildman–Crippen MR) is 120 cm³/mol. The molecule has 0 bridgehead atoms. The van der Waals surface area contributed by atoms with Crippen LogP contribution in [0.3, 0.4) is 0 Å². The van der Waals surface area contributed by atoms with Crippen LogP contribution in [0.25, 0.3) is 33.2 Å². The Balaban J connectivity index is 1.61. The molecule has 1 spiro atoms. The molecule has 152 valence electrons. The van der Waals surface area contributed by atoms with Crippen molar-refractivity contribution >= 4 is 33.4 Å². The minimum atomic E-state index is 0.338. The summed E-state index contributed by atoms with van der Waals surface area (Å²) < 4.78 is 2.09. The average Bonchev–Trinajstić information content (AvgIpc) is 3.03. The molecule has 4 N–H and O–H groups in total. The van der Waals surface area contributed by atoms with Crippen LogP contribution in [0.2, 0.25) is 0 Å². The Bertz CT molecular complexity index is 1290. The lowest BCUT2D eigenvalue weighted by Gasteiger charge is -2.58. The van der Waals surface area contributed by atoms with Gasteiger partial charge in [0.2, 0.25) is 0 Å². The van der Waals surface area contributed by atoms with Crippen molar-refractivity contribution in [3.63, 3.8) is 0 Å². The highest BCUT2D eigenvalue weighted by molar-refractivity contribution is 6.15. The summed E-state index contributed by atoms with van der Waals surface area (Å²) in [6.45, 7) is 4.29. The zero-order chi connectivity index (χ0) is 20.6. The number of aryl methyl sites for hydroxylation is 1. The van der Waals surface area contributed by atoms with Crippen molar-refractivity contribution in [2.24, 2.45) is 5.41 Å². The second-order valence-corrected chi connectivity index (χ2v) is 9.17. The number of aromatic nitrogens is 4. The summed E-state index contributed by atoms with van der Waals surface area (Å²) in [7, 11) is 2.18. The summed E-state index contributed by atoms with van der Waals surface area (Å²) in [5.41, 5.74) is 18.2. The predicted octanol–water partition coefficient (Wildman–Crippen LogP) is 3.39. The molecule has 2 fully saturated rings. The van der Waals surface area contributed by atoms with E-state index in [1.165, 1.54) is 13.1 Å². The molecule has 1 aromatic carbocycles. The molecular weight excluding hydrogens is 374 g/mol. The second-order valence-electron chi connectivity index (χ2n) is 9.17. The van der Waals surface area contributed by atoms with Crippen molar-refractivity contribution in [2.75, 3.05) is 31.6 Å². The molecule has 7 heteroatoms. The maximum atomic E-state index is 6.38. The largest absolute Gasteiger partial charge is 0.398 e. The van der Waals surface area contributed by atoms with Crippen LogP contribution in [0.15, 0.2) is 36.4 Å². The van der Waals surface area contributed by atoms with E-state index in [-0.39, 0.29) is 0 Å². The highest BCUT2D eigenvalue weighted by atomic mass is 15.3. The number of likely N-dealkylation sites (tertiary alicyclic amines) is 1. The number of rotatable bonds is 2. The van der Waals surface area contributed by atoms with Crippen LogP contribution in [0.5, 0.6) is 0 Å². The monoisotopic (exact) mass is 399 g/mol. The highest BCUT2D eigenvalue weighted by Gasteiger charge is 2.52. The lowest BCUT2D eigenvalue weighted by molar-refractivity contribution is -0.0775.